The number of hydrogen-bond donors (Lipinski definition) is 1. The summed E-state index contributed by atoms with van der Waals surface area (Å²) >= 11 is 9.85. The number of halogens is 2. The molecule has 1 atom stereocenters. The minimum Gasteiger partial charge on any atom is -0.354 e. The second kappa shape index (κ2) is 13.8. The first-order valence-corrected chi connectivity index (χ1v) is 14.9. The Hall–Kier alpha value is -2.88. The number of sulfonamides is 1. The molecule has 38 heavy (non-hydrogen) atoms. The van der Waals surface area contributed by atoms with Crippen LogP contribution in [0.1, 0.15) is 32.3 Å². The standard InChI is InChI=1S/C28H31BrClN3O4S/c1-3-4-17-31-28(35)21(2)32(19-22-11-10-12-23(29)18-22)27(34)20-33(26-16-9-8-15-25(26)30)38(36,37)24-13-6-5-7-14-24/h5-16,18,21H,3-4,17,19-20H2,1-2H3,(H,31,35)/t21-/m1/s1. The highest BCUT2D eigenvalue weighted by molar-refractivity contribution is 9.10. The third kappa shape index (κ3) is 7.58. The molecular weight excluding hydrogens is 590 g/mol. The van der Waals surface area contributed by atoms with Crippen molar-refractivity contribution in [3.05, 3.63) is 93.9 Å². The molecule has 0 heterocycles. The SMILES string of the molecule is CCCCNC(=O)[C@@H](C)N(Cc1cccc(Br)c1)C(=O)CN(c1ccccc1Cl)S(=O)(=O)c1ccccc1. The van der Waals surface area contributed by atoms with E-state index in [1.807, 2.05) is 31.2 Å². The molecular formula is C28H31BrClN3O4S. The minimum absolute atomic E-state index is 0.0246. The van der Waals surface area contributed by atoms with Gasteiger partial charge >= 0.3 is 0 Å². The van der Waals surface area contributed by atoms with Crippen molar-refractivity contribution < 1.29 is 18.0 Å². The van der Waals surface area contributed by atoms with Crippen molar-refractivity contribution in [3.8, 4) is 0 Å². The maximum absolute atomic E-state index is 13.9. The number of benzene rings is 3. The van der Waals surface area contributed by atoms with Crippen molar-refractivity contribution in [2.75, 3.05) is 17.4 Å². The summed E-state index contributed by atoms with van der Waals surface area (Å²) in [7, 11) is -4.15. The number of nitrogens with zero attached hydrogens (tertiary/aromatic N) is 2. The number of para-hydroxylation sites is 1. The van der Waals surface area contributed by atoms with Gasteiger partial charge in [0.25, 0.3) is 10.0 Å². The van der Waals surface area contributed by atoms with Gasteiger partial charge < -0.3 is 10.2 Å². The quantitative estimate of drug-likeness (QED) is 0.266. The van der Waals surface area contributed by atoms with Crippen LogP contribution in [-0.4, -0.2) is 44.3 Å². The lowest BCUT2D eigenvalue weighted by molar-refractivity contribution is -0.139. The molecule has 3 aromatic rings. The van der Waals surface area contributed by atoms with Gasteiger partial charge in [0.05, 0.1) is 15.6 Å². The second-order valence-corrected chi connectivity index (χ2v) is 11.9. The van der Waals surface area contributed by atoms with E-state index in [9.17, 15) is 18.0 Å². The molecule has 0 saturated heterocycles. The average Bonchev–Trinajstić information content (AvgIpc) is 2.91. The van der Waals surface area contributed by atoms with Crippen molar-refractivity contribution in [2.24, 2.45) is 0 Å². The normalized spacial score (nSPS) is 12.0. The van der Waals surface area contributed by atoms with Crippen LogP contribution in [0.5, 0.6) is 0 Å². The maximum atomic E-state index is 13.9. The number of hydrogen-bond acceptors (Lipinski definition) is 4. The van der Waals surface area contributed by atoms with Gasteiger partial charge in [0.15, 0.2) is 0 Å². The van der Waals surface area contributed by atoms with Crippen molar-refractivity contribution >= 4 is 55.1 Å². The Balaban J connectivity index is 2.00. The summed E-state index contributed by atoms with van der Waals surface area (Å²) in [6, 6.07) is 20.9. The van der Waals surface area contributed by atoms with E-state index in [4.69, 9.17) is 11.6 Å². The molecule has 0 aliphatic carbocycles. The molecule has 10 heteroatoms. The van der Waals surface area contributed by atoms with Crippen LogP contribution in [0.25, 0.3) is 0 Å². The molecule has 2 amide bonds. The molecule has 0 saturated carbocycles. The average molecular weight is 621 g/mol. The lowest BCUT2D eigenvalue weighted by Gasteiger charge is -2.32. The molecule has 0 aliphatic rings. The first kappa shape index (κ1) is 29.7. The second-order valence-electron chi connectivity index (χ2n) is 8.75. The topological polar surface area (TPSA) is 86.8 Å². The van der Waals surface area contributed by atoms with Crippen LogP contribution >= 0.6 is 27.5 Å². The van der Waals surface area contributed by atoms with Gasteiger partial charge in [-0.1, -0.05) is 83.3 Å². The van der Waals surface area contributed by atoms with Crippen molar-refractivity contribution in [1.82, 2.24) is 10.2 Å². The molecule has 0 fully saturated rings. The fraction of sp³-hybridized carbons (Fsp3) is 0.286. The molecule has 0 aliphatic heterocycles. The van der Waals surface area contributed by atoms with Crippen LogP contribution < -0.4 is 9.62 Å². The predicted molar refractivity (Wildman–Crippen MR) is 154 cm³/mol. The van der Waals surface area contributed by atoms with E-state index in [2.05, 4.69) is 21.2 Å². The predicted octanol–water partition coefficient (Wildman–Crippen LogP) is 5.63. The lowest BCUT2D eigenvalue weighted by Crippen LogP contribution is -2.51. The van der Waals surface area contributed by atoms with Crippen molar-refractivity contribution in [2.45, 2.75) is 44.2 Å². The minimum atomic E-state index is -4.15. The first-order chi connectivity index (χ1) is 18.1. The van der Waals surface area contributed by atoms with Crippen molar-refractivity contribution in [3.63, 3.8) is 0 Å². The zero-order chi connectivity index (χ0) is 27.7. The van der Waals surface area contributed by atoms with Gasteiger partial charge in [0, 0.05) is 17.6 Å². The third-order valence-electron chi connectivity index (χ3n) is 5.97. The van der Waals surface area contributed by atoms with Gasteiger partial charge in [0.2, 0.25) is 11.8 Å². The molecule has 3 aromatic carbocycles. The molecule has 0 bridgehead atoms. The fourth-order valence-electron chi connectivity index (χ4n) is 3.84. The molecule has 0 unspecified atom stereocenters. The van der Waals surface area contributed by atoms with E-state index in [0.717, 1.165) is 27.2 Å². The van der Waals surface area contributed by atoms with E-state index in [1.165, 1.54) is 17.0 Å². The number of unbranched alkanes of at least 4 members (excludes halogenated alkanes) is 1. The number of nitrogens with one attached hydrogen (secondary N) is 1. The molecule has 0 spiro atoms. The summed E-state index contributed by atoms with van der Waals surface area (Å²) in [6.07, 6.45) is 1.73. The Morgan fingerprint density at radius 3 is 2.34 bits per heavy atom. The van der Waals surface area contributed by atoms with Gasteiger partial charge in [-0.25, -0.2) is 8.42 Å². The summed E-state index contributed by atoms with van der Waals surface area (Å²) in [5, 5.41) is 3.06. The molecule has 3 rings (SSSR count). The third-order valence-corrected chi connectivity index (χ3v) is 8.56. The van der Waals surface area contributed by atoms with E-state index < -0.39 is 28.5 Å². The summed E-state index contributed by atoms with van der Waals surface area (Å²) in [4.78, 5) is 28.3. The largest absolute Gasteiger partial charge is 0.354 e. The smallest absolute Gasteiger partial charge is 0.264 e. The van der Waals surface area contributed by atoms with Gasteiger partial charge in [-0.05, 0) is 55.3 Å². The molecule has 0 aromatic heterocycles. The molecule has 7 nitrogen and oxygen atoms in total. The highest BCUT2D eigenvalue weighted by atomic mass is 79.9. The lowest BCUT2D eigenvalue weighted by atomic mass is 10.1. The fourth-order valence-corrected chi connectivity index (χ4v) is 6.03. The van der Waals surface area contributed by atoms with Gasteiger partial charge in [-0.2, -0.15) is 0 Å². The van der Waals surface area contributed by atoms with Crippen LogP contribution in [0.2, 0.25) is 5.02 Å². The Labute approximate surface area is 238 Å². The molecule has 202 valence electrons. The van der Waals surface area contributed by atoms with E-state index in [0.29, 0.717) is 6.54 Å². The number of carbonyl (C=O) groups excluding carboxylic acids is 2. The van der Waals surface area contributed by atoms with Crippen LogP contribution in [0.3, 0.4) is 0 Å². The van der Waals surface area contributed by atoms with Crippen LogP contribution in [0, 0.1) is 0 Å². The Morgan fingerprint density at radius 1 is 1.00 bits per heavy atom. The van der Waals surface area contributed by atoms with Gasteiger partial charge in [-0.15, -0.1) is 0 Å². The number of amides is 2. The van der Waals surface area contributed by atoms with Crippen LogP contribution in [0.15, 0.2) is 88.2 Å². The van der Waals surface area contributed by atoms with E-state index in [-0.39, 0.29) is 28.1 Å². The summed E-state index contributed by atoms with van der Waals surface area (Å²) in [6.45, 7) is 3.73. The molecule has 1 N–H and O–H groups in total. The molecule has 0 radical (unpaired) electrons. The van der Waals surface area contributed by atoms with E-state index >= 15 is 0 Å². The highest BCUT2D eigenvalue weighted by Crippen LogP contribution is 2.30. The summed E-state index contributed by atoms with van der Waals surface area (Å²) in [5.41, 5.74) is 0.963. The number of rotatable bonds is 12. The van der Waals surface area contributed by atoms with Gasteiger partial charge in [-0.3, -0.25) is 13.9 Å². The monoisotopic (exact) mass is 619 g/mol. The summed E-state index contributed by atoms with van der Waals surface area (Å²) in [5.74, 6) is -0.848. The maximum Gasteiger partial charge on any atom is 0.264 e. The zero-order valence-electron chi connectivity index (χ0n) is 21.3. The Morgan fingerprint density at radius 2 is 1.68 bits per heavy atom. The number of anilines is 1. The Kier molecular flexibility index (Phi) is 10.8. The van der Waals surface area contributed by atoms with Crippen molar-refractivity contribution in [1.29, 1.82) is 0 Å². The summed E-state index contributed by atoms with van der Waals surface area (Å²) < 4.78 is 29.3. The van der Waals surface area contributed by atoms with E-state index in [1.54, 1.807) is 49.4 Å². The van der Waals surface area contributed by atoms with Crippen LogP contribution in [0.4, 0.5) is 5.69 Å². The first-order valence-electron chi connectivity index (χ1n) is 12.3. The number of carbonyl (C=O) groups is 2. The Bertz CT molecular complexity index is 1350. The highest BCUT2D eigenvalue weighted by Gasteiger charge is 2.33. The van der Waals surface area contributed by atoms with Crippen LogP contribution in [-0.2, 0) is 26.2 Å². The zero-order valence-corrected chi connectivity index (χ0v) is 24.5. The van der Waals surface area contributed by atoms with Gasteiger partial charge in [0.1, 0.15) is 12.6 Å².